The number of hydrogen-bond acceptors (Lipinski definition) is 5. The number of aromatic nitrogens is 4. The van der Waals surface area contributed by atoms with Gasteiger partial charge in [0.15, 0.2) is 11.5 Å². The summed E-state index contributed by atoms with van der Waals surface area (Å²) >= 11 is 6.20. The van der Waals surface area contributed by atoms with Gasteiger partial charge in [-0.05, 0) is 31.2 Å². The molecular formula is C19H19ClN6O. The van der Waals surface area contributed by atoms with Crippen LogP contribution in [0.3, 0.4) is 0 Å². The molecule has 4 heterocycles. The van der Waals surface area contributed by atoms with E-state index in [0.717, 1.165) is 43.5 Å². The highest BCUT2D eigenvalue weighted by atomic mass is 35.5. The maximum absolute atomic E-state index is 12.8. The number of fused-ring (bicyclic) bond motifs is 2. The average molecular weight is 383 g/mol. The zero-order chi connectivity index (χ0) is 18.5. The van der Waals surface area contributed by atoms with Gasteiger partial charge in [-0.3, -0.25) is 4.79 Å². The van der Waals surface area contributed by atoms with Crippen molar-refractivity contribution in [2.24, 2.45) is 11.8 Å². The summed E-state index contributed by atoms with van der Waals surface area (Å²) < 4.78 is 1.77. The number of nitrogens with zero attached hydrogens (tertiary/aromatic N) is 6. The number of carbonyl (C=O) groups is 1. The molecule has 7 nitrogen and oxygen atoms in total. The smallest absolute Gasteiger partial charge is 0.255 e. The van der Waals surface area contributed by atoms with Crippen LogP contribution in [0.15, 0.2) is 36.4 Å². The van der Waals surface area contributed by atoms with Gasteiger partial charge < -0.3 is 9.80 Å². The molecule has 2 unspecified atom stereocenters. The fourth-order valence-electron chi connectivity index (χ4n) is 4.21. The normalized spacial score (nSPS) is 21.9. The summed E-state index contributed by atoms with van der Waals surface area (Å²) in [5, 5.41) is 13.3. The molecule has 1 aromatic carbocycles. The molecule has 2 aliphatic heterocycles. The highest BCUT2D eigenvalue weighted by Gasteiger charge is 2.42. The average Bonchev–Trinajstić information content (AvgIpc) is 3.35. The van der Waals surface area contributed by atoms with Crippen LogP contribution < -0.4 is 4.90 Å². The van der Waals surface area contributed by atoms with E-state index in [0.29, 0.717) is 22.4 Å². The van der Waals surface area contributed by atoms with Gasteiger partial charge in [-0.15, -0.1) is 15.3 Å². The van der Waals surface area contributed by atoms with E-state index in [2.05, 4.69) is 20.2 Å². The molecule has 27 heavy (non-hydrogen) atoms. The van der Waals surface area contributed by atoms with Crippen LogP contribution in [0, 0.1) is 18.8 Å². The lowest BCUT2D eigenvalue weighted by Gasteiger charge is -2.22. The van der Waals surface area contributed by atoms with E-state index in [1.165, 1.54) is 0 Å². The highest BCUT2D eigenvalue weighted by molar-refractivity contribution is 6.33. The number of rotatable bonds is 2. The minimum absolute atomic E-state index is 0.0289. The predicted molar refractivity (Wildman–Crippen MR) is 102 cm³/mol. The summed E-state index contributed by atoms with van der Waals surface area (Å²) in [6.07, 6.45) is 0. The van der Waals surface area contributed by atoms with Gasteiger partial charge in [-0.1, -0.05) is 23.7 Å². The molecule has 0 aliphatic carbocycles. The van der Waals surface area contributed by atoms with E-state index < -0.39 is 0 Å². The molecular weight excluding hydrogens is 364 g/mol. The SMILES string of the molecule is Cc1nnc2ccc(N3CC4CN(C(=O)c5ccccc5Cl)CC4C3)nn12. The Morgan fingerprint density at radius 2 is 1.78 bits per heavy atom. The van der Waals surface area contributed by atoms with Crippen LogP contribution in [0.4, 0.5) is 5.82 Å². The van der Waals surface area contributed by atoms with Crippen molar-refractivity contribution in [3.8, 4) is 0 Å². The molecule has 3 aromatic rings. The van der Waals surface area contributed by atoms with Crippen LogP contribution in [-0.2, 0) is 0 Å². The Balaban J connectivity index is 1.31. The molecule has 2 atom stereocenters. The van der Waals surface area contributed by atoms with Crippen LogP contribution in [0.1, 0.15) is 16.2 Å². The first-order valence-corrected chi connectivity index (χ1v) is 9.46. The zero-order valence-electron chi connectivity index (χ0n) is 14.9. The topological polar surface area (TPSA) is 66.6 Å². The molecule has 8 heteroatoms. The number of anilines is 1. The highest BCUT2D eigenvalue weighted by Crippen LogP contribution is 2.34. The van der Waals surface area contributed by atoms with Gasteiger partial charge in [0.1, 0.15) is 5.82 Å². The molecule has 0 saturated carbocycles. The van der Waals surface area contributed by atoms with E-state index in [1.807, 2.05) is 36.1 Å². The molecule has 5 rings (SSSR count). The van der Waals surface area contributed by atoms with E-state index >= 15 is 0 Å². The summed E-state index contributed by atoms with van der Waals surface area (Å²) in [4.78, 5) is 17.0. The molecule has 2 fully saturated rings. The van der Waals surface area contributed by atoms with E-state index in [1.54, 1.807) is 16.6 Å². The minimum atomic E-state index is 0.0289. The summed E-state index contributed by atoms with van der Waals surface area (Å²) in [6, 6.07) is 11.2. The van der Waals surface area contributed by atoms with Gasteiger partial charge in [0.05, 0.1) is 10.6 Å². The molecule has 2 aromatic heterocycles. The number of aryl methyl sites for hydroxylation is 1. The maximum atomic E-state index is 12.8. The Labute approximate surface area is 161 Å². The largest absolute Gasteiger partial charge is 0.354 e. The number of halogens is 1. The Morgan fingerprint density at radius 1 is 1.04 bits per heavy atom. The molecule has 2 saturated heterocycles. The lowest BCUT2D eigenvalue weighted by molar-refractivity contribution is 0.0782. The predicted octanol–water partition coefficient (Wildman–Crippen LogP) is 2.29. The molecule has 0 bridgehead atoms. The van der Waals surface area contributed by atoms with Gasteiger partial charge >= 0.3 is 0 Å². The van der Waals surface area contributed by atoms with Crippen LogP contribution >= 0.6 is 11.6 Å². The third-order valence-corrected chi connectivity index (χ3v) is 5.94. The lowest BCUT2D eigenvalue weighted by Crippen LogP contribution is -2.33. The van der Waals surface area contributed by atoms with Gasteiger partial charge in [-0.2, -0.15) is 4.52 Å². The van der Waals surface area contributed by atoms with Gasteiger partial charge in [0.2, 0.25) is 0 Å². The number of carbonyl (C=O) groups excluding carboxylic acids is 1. The summed E-state index contributed by atoms with van der Waals surface area (Å²) in [7, 11) is 0. The van der Waals surface area contributed by atoms with Gasteiger partial charge in [0.25, 0.3) is 5.91 Å². The van der Waals surface area contributed by atoms with Crippen molar-refractivity contribution in [2.75, 3.05) is 31.1 Å². The number of benzene rings is 1. The Bertz CT molecular complexity index is 1020. The monoisotopic (exact) mass is 382 g/mol. The maximum Gasteiger partial charge on any atom is 0.255 e. The summed E-state index contributed by atoms with van der Waals surface area (Å²) in [5.74, 6) is 2.65. The molecule has 0 radical (unpaired) electrons. The minimum Gasteiger partial charge on any atom is -0.354 e. The summed E-state index contributed by atoms with van der Waals surface area (Å²) in [5.41, 5.74) is 1.35. The van der Waals surface area contributed by atoms with Crippen LogP contribution in [0.25, 0.3) is 5.65 Å². The second kappa shape index (κ2) is 6.20. The molecule has 0 spiro atoms. The lowest BCUT2D eigenvalue weighted by atomic mass is 10.0. The van der Waals surface area contributed by atoms with Crippen molar-refractivity contribution < 1.29 is 4.79 Å². The van der Waals surface area contributed by atoms with Crippen molar-refractivity contribution in [3.63, 3.8) is 0 Å². The molecule has 0 N–H and O–H groups in total. The van der Waals surface area contributed by atoms with Crippen LogP contribution in [-0.4, -0.2) is 56.8 Å². The third-order valence-electron chi connectivity index (χ3n) is 5.61. The Morgan fingerprint density at radius 3 is 2.52 bits per heavy atom. The van der Waals surface area contributed by atoms with Crippen molar-refractivity contribution in [2.45, 2.75) is 6.92 Å². The second-order valence-corrected chi connectivity index (χ2v) is 7.73. The first-order valence-electron chi connectivity index (χ1n) is 9.08. The quantitative estimate of drug-likeness (QED) is 0.680. The van der Waals surface area contributed by atoms with E-state index in [-0.39, 0.29) is 5.91 Å². The third kappa shape index (κ3) is 2.73. The van der Waals surface area contributed by atoms with Gasteiger partial charge in [0, 0.05) is 38.0 Å². The van der Waals surface area contributed by atoms with Crippen molar-refractivity contribution in [3.05, 3.63) is 52.8 Å². The fraction of sp³-hybridized carbons (Fsp3) is 0.368. The van der Waals surface area contributed by atoms with E-state index in [4.69, 9.17) is 11.6 Å². The molecule has 1 amide bonds. The van der Waals surface area contributed by atoms with E-state index in [9.17, 15) is 4.79 Å². The first kappa shape index (κ1) is 16.5. The van der Waals surface area contributed by atoms with Crippen molar-refractivity contribution in [1.82, 2.24) is 24.7 Å². The van der Waals surface area contributed by atoms with Crippen molar-refractivity contribution in [1.29, 1.82) is 0 Å². The van der Waals surface area contributed by atoms with Crippen LogP contribution in [0.5, 0.6) is 0 Å². The van der Waals surface area contributed by atoms with Gasteiger partial charge in [-0.25, -0.2) is 0 Å². The first-order chi connectivity index (χ1) is 13.1. The zero-order valence-corrected chi connectivity index (χ0v) is 15.7. The standard InChI is InChI=1S/C19H19ClN6O/c1-12-21-22-17-6-7-18(23-26(12)17)24-8-13-10-25(11-14(13)9-24)19(27)15-4-2-3-5-16(15)20/h2-7,13-14H,8-11H2,1H3. The van der Waals surface area contributed by atoms with Crippen molar-refractivity contribution >= 4 is 29.0 Å². The Kier molecular flexibility index (Phi) is 3.79. The fourth-order valence-corrected chi connectivity index (χ4v) is 4.42. The Hall–Kier alpha value is -2.67. The number of hydrogen-bond donors (Lipinski definition) is 0. The van der Waals surface area contributed by atoms with Crippen LogP contribution in [0.2, 0.25) is 5.02 Å². The number of amides is 1. The summed E-state index contributed by atoms with van der Waals surface area (Å²) in [6.45, 7) is 5.22. The molecule has 2 aliphatic rings. The second-order valence-electron chi connectivity index (χ2n) is 7.32. The molecule has 138 valence electrons. The number of likely N-dealkylation sites (tertiary alicyclic amines) is 1.